The normalized spacial score (nSPS) is 14.7. The van der Waals surface area contributed by atoms with Crippen LogP contribution < -0.4 is 9.64 Å². The van der Waals surface area contributed by atoms with E-state index in [-0.39, 0.29) is 12.5 Å². The summed E-state index contributed by atoms with van der Waals surface area (Å²) in [6.45, 7) is 3.67. The number of nitrogens with zero attached hydrogens (tertiary/aromatic N) is 2. The van der Waals surface area contributed by atoms with Gasteiger partial charge in [0.05, 0.1) is 23.5 Å². The van der Waals surface area contributed by atoms with Crippen LogP contribution in [0.2, 0.25) is 0 Å². The average Bonchev–Trinajstić information content (AvgIpc) is 3.09. The maximum Gasteiger partial charge on any atom is 0.328 e. The summed E-state index contributed by atoms with van der Waals surface area (Å²) in [5.41, 5.74) is 2.31. The number of esters is 1. The van der Waals surface area contributed by atoms with Gasteiger partial charge in [-0.3, -0.25) is 9.69 Å². The van der Waals surface area contributed by atoms with Crippen LogP contribution in [-0.4, -0.2) is 36.6 Å². The highest BCUT2D eigenvalue weighted by molar-refractivity contribution is 7.09. The van der Waals surface area contributed by atoms with E-state index >= 15 is 0 Å². The van der Waals surface area contributed by atoms with Crippen molar-refractivity contribution < 1.29 is 19.1 Å². The van der Waals surface area contributed by atoms with Gasteiger partial charge in [0.1, 0.15) is 11.8 Å². The van der Waals surface area contributed by atoms with Gasteiger partial charge in [-0.25, -0.2) is 9.78 Å². The Morgan fingerprint density at radius 3 is 3.00 bits per heavy atom. The zero-order chi connectivity index (χ0) is 18.0. The van der Waals surface area contributed by atoms with E-state index < -0.39 is 12.0 Å². The Bertz CT molecular complexity index is 802. The molecule has 0 saturated heterocycles. The van der Waals surface area contributed by atoms with Crippen LogP contribution in [0.3, 0.4) is 0 Å². The SMILES string of the molecule is CCCc1nc(-c2ccc3c(c2)N(C(C)C(=O)OC)C(=O)CO3)cs1. The van der Waals surface area contributed by atoms with Crippen molar-refractivity contribution in [1.29, 1.82) is 0 Å². The van der Waals surface area contributed by atoms with Gasteiger partial charge in [-0.05, 0) is 38.0 Å². The maximum absolute atomic E-state index is 12.3. The first-order valence-electron chi connectivity index (χ1n) is 8.16. The molecule has 0 aliphatic carbocycles. The highest BCUT2D eigenvalue weighted by Crippen LogP contribution is 2.37. The van der Waals surface area contributed by atoms with E-state index in [9.17, 15) is 9.59 Å². The lowest BCUT2D eigenvalue weighted by Gasteiger charge is -2.32. The number of benzene rings is 1. The van der Waals surface area contributed by atoms with Crippen molar-refractivity contribution in [2.24, 2.45) is 0 Å². The van der Waals surface area contributed by atoms with E-state index in [2.05, 4.69) is 11.9 Å². The van der Waals surface area contributed by atoms with E-state index in [1.54, 1.807) is 18.3 Å². The van der Waals surface area contributed by atoms with Crippen LogP contribution in [0.1, 0.15) is 25.3 Å². The number of aryl methyl sites for hydroxylation is 1. The minimum atomic E-state index is -0.721. The first-order valence-corrected chi connectivity index (χ1v) is 9.04. The van der Waals surface area contributed by atoms with Crippen molar-refractivity contribution in [2.45, 2.75) is 32.7 Å². The molecular weight excluding hydrogens is 340 g/mol. The van der Waals surface area contributed by atoms with Crippen molar-refractivity contribution in [1.82, 2.24) is 4.98 Å². The summed E-state index contributed by atoms with van der Waals surface area (Å²) in [6.07, 6.45) is 1.99. The number of amides is 1. The monoisotopic (exact) mass is 360 g/mol. The third-order valence-electron chi connectivity index (χ3n) is 4.08. The summed E-state index contributed by atoms with van der Waals surface area (Å²) < 4.78 is 10.3. The second-order valence-corrected chi connectivity index (χ2v) is 6.75. The Kier molecular flexibility index (Phi) is 5.03. The number of thiazole rings is 1. The molecule has 1 aromatic heterocycles. The fraction of sp³-hybridized carbons (Fsp3) is 0.389. The molecule has 0 bridgehead atoms. The highest BCUT2D eigenvalue weighted by Gasteiger charge is 2.34. The van der Waals surface area contributed by atoms with Gasteiger partial charge < -0.3 is 9.47 Å². The Morgan fingerprint density at radius 2 is 2.28 bits per heavy atom. The maximum atomic E-state index is 12.3. The van der Waals surface area contributed by atoms with Crippen molar-refractivity contribution in [2.75, 3.05) is 18.6 Å². The van der Waals surface area contributed by atoms with Crippen molar-refractivity contribution in [3.05, 3.63) is 28.6 Å². The Balaban J connectivity index is 1.99. The molecule has 1 aromatic carbocycles. The standard InChI is InChI=1S/C18H20N2O4S/c1-4-5-16-19-13(10-25-16)12-6-7-15-14(8-12)20(17(21)9-24-15)11(2)18(22)23-3/h6-8,10-11H,4-5,9H2,1-3H3. The summed E-state index contributed by atoms with van der Waals surface area (Å²) in [5, 5.41) is 3.09. The molecule has 0 spiro atoms. The second-order valence-electron chi connectivity index (χ2n) is 5.81. The fourth-order valence-electron chi connectivity index (χ4n) is 2.80. The lowest BCUT2D eigenvalue weighted by molar-refractivity contribution is -0.143. The smallest absolute Gasteiger partial charge is 0.328 e. The van der Waals surface area contributed by atoms with Crippen LogP contribution in [-0.2, 0) is 20.7 Å². The Labute approximate surface area is 150 Å². The highest BCUT2D eigenvalue weighted by atomic mass is 32.1. The quantitative estimate of drug-likeness (QED) is 0.767. The number of anilines is 1. The summed E-state index contributed by atoms with van der Waals surface area (Å²) in [4.78, 5) is 30.3. The van der Waals surface area contributed by atoms with Crippen LogP contribution in [0.5, 0.6) is 5.75 Å². The Morgan fingerprint density at radius 1 is 1.48 bits per heavy atom. The predicted octanol–water partition coefficient (Wildman–Crippen LogP) is 3.05. The number of fused-ring (bicyclic) bond motifs is 1. The van der Waals surface area contributed by atoms with Gasteiger partial charge >= 0.3 is 5.97 Å². The van der Waals surface area contributed by atoms with E-state index in [4.69, 9.17) is 9.47 Å². The Hall–Kier alpha value is -2.41. The predicted molar refractivity (Wildman–Crippen MR) is 96.0 cm³/mol. The topological polar surface area (TPSA) is 68.7 Å². The fourth-order valence-corrected chi connectivity index (χ4v) is 3.71. The van der Waals surface area contributed by atoms with Gasteiger partial charge in [-0.15, -0.1) is 11.3 Å². The van der Waals surface area contributed by atoms with E-state index in [0.717, 1.165) is 29.1 Å². The lowest BCUT2D eigenvalue weighted by Crippen LogP contribution is -2.48. The van der Waals surface area contributed by atoms with Crippen LogP contribution in [0, 0.1) is 0 Å². The molecule has 25 heavy (non-hydrogen) atoms. The molecule has 1 amide bonds. The number of hydrogen-bond acceptors (Lipinski definition) is 6. The number of carbonyl (C=O) groups excluding carboxylic acids is 2. The molecule has 0 radical (unpaired) electrons. The number of hydrogen-bond donors (Lipinski definition) is 0. The first-order chi connectivity index (χ1) is 12.0. The van der Waals surface area contributed by atoms with Crippen LogP contribution >= 0.6 is 11.3 Å². The summed E-state index contributed by atoms with van der Waals surface area (Å²) in [6, 6.07) is 4.85. The molecule has 1 aliphatic rings. The third kappa shape index (κ3) is 3.37. The number of carbonyl (C=O) groups is 2. The molecule has 6 nitrogen and oxygen atoms in total. The molecule has 132 valence electrons. The minimum absolute atomic E-state index is 0.0922. The molecule has 7 heteroatoms. The zero-order valence-corrected chi connectivity index (χ0v) is 15.3. The number of aromatic nitrogens is 1. The molecule has 3 rings (SSSR count). The van der Waals surface area contributed by atoms with Crippen molar-refractivity contribution in [3.8, 4) is 17.0 Å². The average molecular weight is 360 g/mol. The van der Waals surface area contributed by atoms with Crippen molar-refractivity contribution in [3.63, 3.8) is 0 Å². The third-order valence-corrected chi connectivity index (χ3v) is 4.99. The lowest BCUT2D eigenvalue weighted by atomic mass is 10.1. The van der Waals surface area contributed by atoms with E-state index in [1.807, 2.05) is 23.6 Å². The largest absolute Gasteiger partial charge is 0.482 e. The van der Waals surface area contributed by atoms with E-state index in [0.29, 0.717) is 11.4 Å². The molecule has 1 unspecified atom stereocenters. The van der Waals surface area contributed by atoms with Gasteiger partial charge in [0.2, 0.25) is 0 Å². The molecule has 0 fully saturated rings. The molecule has 2 heterocycles. The molecule has 0 saturated carbocycles. The second kappa shape index (κ2) is 7.23. The number of rotatable bonds is 5. The summed E-state index contributed by atoms with van der Waals surface area (Å²) in [5.74, 6) is -0.166. The molecule has 0 N–H and O–H groups in total. The van der Waals surface area contributed by atoms with Crippen LogP contribution in [0.15, 0.2) is 23.6 Å². The molecule has 1 atom stereocenters. The zero-order valence-electron chi connectivity index (χ0n) is 14.4. The summed E-state index contributed by atoms with van der Waals surface area (Å²) >= 11 is 1.63. The van der Waals surface area contributed by atoms with Crippen LogP contribution in [0.4, 0.5) is 5.69 Å². The van der Waals surface area contributed by atoms with Gasteiger partial charge in [0.15, 0.2) is 6.61 Å². The van der Waals surface area contributed by atoms with Gasteiger partial charge in [-0.1, -0.05) is 6.92 Å². The molecule has 1 aliphatic heterocycles. The van der Waals surface area contributed by atoms with Gasteiger partial charge in [0.25, 0.3) is 5.91 Å². The molecule has 2 aromatic rings. The van der Waals surface area contributed by atoms with Gasteiger partial charge in [-0.2, -0.15) is 0 Å². The van der Waals surface area contributed by atoms with E-state index in [1.165, 1.54) is 12.0 Å². The number of methoxy groups -OCH3 is 1. The number of ether oxygens (including phenoxy) is 2. The minimum Gasteiger partial charge on any atom is -0.482 e. The molecular formula is C18H20N2O4S. The first kappa shape index (κ1) is 17.4. The summed E-state index contributed by atoms with van der Waals surface area (Å²) in [7, 11) is 1.31. The van der Waals surface area contributed by atoms with Crippen molar-refractivity contribution >= 4 is 28.9 Å². The van der Waals surface area contributed by atoms with Crippen LogP contribution in [0.25, 0.3) is 11.3 Å². The van der Waals surface area contributed by atoms with Gasteiger partial charge in [0, 0.05) is 10.9 Å².